The summed E-state index contributed by atoms with van der Waals surface area (Å²) in [7, 11) is 1.52. The predicted octanol–water partition coefficient (Wildman–Crippen LogP) is 5.05. The Morgan fingerprint density at radius 3 is 2.65 bits per heavy atom. The van der Waals surface area contributed by atoms with Gasteiger partial charge in [-0.1, -0.05) is 54.1 Å². The van der Waals surface area contributed by atoms with Crippen LogP contribution in [0.3, 0.4) is 0 Å². The number of anilines is 1. The number of rotatable bonds is 4. The maximum Gasteiger partial charge on any atom is 0.266 e. The number of nitrogens with one attached hydrogen (secondary N) is 1. The van der Waals surface area contributed by atoms with Gasteiger partial charge in [-0.3, -0.25) is 4.79 Å². The van der Waals surface area contributed by atoms with E-state index in [4.69, 9.17) is 16.3 Å². The predicted molar refractivity (Wildman–Crippen MR) is 104 cm³/mol. The van der Waals surface area contributed by atoms with E-state index in [9.17, 15) is 10.1 Å². The summed E-state index contributed by atoms with van der Waals surface area (Å²) in [5.41, 5.74) is 1.28. The number of benzene rings is 3. The fourth-order valence-electron chi connectivity index (χ4n) is 2.61. The van der Waals surface area contributed by atoms with Gasteiger partial charge < -0.3 is 10.1 Å². The Morgan fingerprint density at radius 1 is 1.15 bits per heavy atom. The van der Waals surface area contributed by atoms with Crippen molar-refractivity contribution in [1.29, 1.82) is 5.26 Å². The van der Waals surface area contributed by atoms with Crippen molar-refractivity contribution >= 4 is 40.0 Å². The molecule has 0 aliphatic heterocycles. The summed E-state index contributed by atoms with van der Waals surface area (Å²) >= 11 is 6.09. The number of carbonyl (C=O) groups is 1. The van der Waals surface area contributed by atoms with Gasteiger partial charge in [0.15, 0.2) is 0 Å². The summed E-state index contributed by atoms with van der Waals surface area (Å²) in [6.07, 6.45) is 1.49. The molecule has 0 spiro atoms. The molecule has 0 unspecified atom stereocenters. The quantitative estimate of drug-likeness (QED) is 0.522. The zero-order valence-electron chi connectivity index (χ0n) is 14.0. The molecule has 3 rings (SSSR count). The van der Waals surface area contributed by atoms with Crippen LogP contribution in [0.1, 0.15) is 5.56 Å². The first-order chi connectivity index (χ1) is 12.6. The minimum atomic E-state index is -0.476. The van der Waals surface area contributed by atoms with Crippen molar-refractivity contribution in [3.8, 4) is 11.8 Å². The summed E-state index contributed by atoms with van der Waals surface area (Å²) in [4.78, 5) is 12.5. The molecule has 0 radical (unpaired) electrons. The molecular weight excluding hydrogens is 348 g/mol. The van der Waals surface area contributed by atoms with Crippen molar-refractivity contribution in [2.45, 2.75) is 0 Å². The van der Waals surface area contributed by atoms with E-state index in [1.165, 1.54) is 13.2 Å². The monoisotopic (exact) mass is 362 g/mol. The Bertz CT molecular complexity index is 1050. The van der Waals surface area contributed by atoms with E-state index in [2.05, 4.69) is 5.32 Å². The van der Waals surface area contributed by atoms with Crippen LogP contribution in [-0.4, -0.2) is 13.0 Å². The van der Waals surface area contributed by atoms with Crippen LogP contribution in [0.4, 0.5) is 5.69 Å². The van der Waals surface area contributed by atoms with Crippen LogP contribution >= 0.6 is 11.6 Å². The zero-order valence-corrected chi connectivity index (χ0v) is 14.7. The summed E-state index contributed by atoms with van der Waals surface area (Å²) in [6.45, 7) is 0. The number of hydrogen-bond donors (Lipinski definition) is 1. The second-order valence-electron chi connectivity index (χ2n) is 5.54. The standard InChI is InChI=1S/C21H15ClN2O2/c1-26-20-10-9-14(12-18(20)22)11-16(13-23)21(25)24-19-8-4-6-15-5-2-3-7-17(15)19/h2-12H,1H3,(H,24,25)/b16-11+. The van der Waals surface area contributed by atoms with E-state index in [1.54, 1.807) is 24.3 Å². The number of amides is 1. The number of hydrogen-bond acceptors (Lipinski definition) is 3. The highest BCUT2D eigenvalue weighted by molar-refractivity contribution is 6.32. The highest BCUT2D eigenvalue weighted by atomic mass is 35.5. The average molecular weight is 363 g/mol. The third kappa shape index (κ3) is 3.69. The molecule has 0 saturated heterocycles. The Morgan fingerprint density at radius 2 is 1.92 bits per heavy atom. The van der Waals surface area contributed by atoms with Crippen LogP contribution in [0.2, 0.25) is 5.02 Å². The number of fused-ring (bicyclic) bond motifs is 1. The van der Waals surface area contributed by atoms with Gasteiger partial charge in [-0.15, -0.1) is 0 Å². The topological polar surface area (TPSA) is 62.1 Å². The van der Waals surface area contributed by atoms with Crippen molar-refractivity contribution in [2.75, 3.05) is 12.4 Å². The fourth-order valence-corrected chi connectivity index (χ4v) is 2.88. The third-order valence-corrected chi connectivity index (χ3v) is 4.19. The highest BCUT2D eigenvalue weighted by Crippen LogP contribution is 2.26. The van der Waals surface area contributed by atoms with Crippen LogP contribution in [-0.2, 0) is 4.79 Å². The van der Waals surface area contributed by atoms with Gasteiger partial charge in [-0.05, 0) is 35.2 Å². The van der Waals surface area contributed by atoms with E-state index in [-0.39, 0.29) is 5.57 Å². The summed E-state index contributed by atoms with van der Waals surface area (Å²) < 4.78 is 5.10. The highest BCUT2D eigenvalue weighted by Gasteiger charge is 2.12. The maximum absolute atomic E-state index is 12.5. The SMILES string of the molecule is COc1ccc(/C=C(\C#N)C(=O)Nc2cccc3ccccc23)cc1Cl. The van der Waals surface area contributed by atoms with Gasteiger partial charge >= 0.3 is 0 Å². The Kier molecular flexibility index (Phi) is 5.21. The van der Waals surface area contributed by atoms with Gasteiger partial charge in [0.2, 0.25) is 0 Å². The van der Waals surface area contributed by atoms with E-state index in [0.29, 0.717) is 22.0 Å². The number of halogens is 1. The average Bonchev–Trinajstić information content (AvgIpc) is 2.66. The molecule has 4 nitrogen and oxygen atoms in total. The number of nitriles is 1. The Balaban J connectivity index is 1.89. The zero-order chi connectivity index (χ0) is 18.5. The molecule has 0 heterocycles. The first kappa shape index (κ1) is 17.5. The molecule has 26 heavy (non-hydrogen) atoms. The second-order valence-corrected chi connectivity index (χ2v) is 5.95. The van der Waals surface area contributed by atoms with E-state index in [0.717, 1.165) is 10.8 Å². The second kappa shape index (κ2) is 7.73. The van der Waals surface area contributed by atoms with Crippen molar-refractivity contribution in [3.05, 3.63) is 76.8 Å². The number of methoxy groups -OCH3 is 1. The van der Waals surface area contributed by atoms with Gasteiger partial charge in [0, 0.05) is 11.1 Å². The lowest BCUT2D eigenvalue weighted by molar-refractivity contribution is -0.112. The van der Waals surface area contributed by atoms with Gasteiger partial charge in [0.25, 0.3) is 5.91 Å². The molecule has 3 aromatic rings. The van der Waals surface area contributed by atoms with Crippen LogP contribution in [0.25, 0.3) is 16.8 Å². The maximum atomic E-state index is 12.5. The minimum absolute atomic E-state index is 0.0147. The Hall–Kier alpha value is -3.29. The van der Waals surface area contributed by atoms with Gasteiger partial charge in [-0.25, -0.2) is 0 Å². The lowest BCUT2D eigenvalue weighted by Gasteiger charge is -2.08. The lowest BCUT2D eigenvalue weighted by atomic mass is 10.1. The van der Waals surface area contributed by atoms with Crippen molar-refractivity contribution < 1.29 is 9.53 Å². The van der Waals surface area contributed by atoms with E-state index in [1.807, 2.05) is 42.5 Å². The molecule has 0 aromatic heterocycles. The van der Waals surface area contributed by atoms with E-state index >= 15 is 0 Å². The van der Waals surface area contributed by atoms with Crippen molar-refractivity contribution in [3.63, 3.8) is 0 Å². The van der Waals surface area contributed by atoms with Crippen LogP contribution < -0.4 is 10.1 Å². The van der Waals surface area contributed by atoms with Crippen molar-refractivity contribution in [2.24, 2.45) is 0 Å². The molecule has 0 bridgehead atoms. The molecule has 0 aliphatic carbocycles. The number of carbonyl (C=O) groups excluding carboxylic acids is 1. The Labute approximate surface area is 156 Å². The third-order valence-electron chi connectivity index (χ3n) is 3.89. The normalized spacial score (nSPS) is 11.0. The van der Waals surface area contributed by atoms with Gasteiger partial charge in [-0.2, -0.15) is 5.26 Å². The first-order valence-electron chi connectivity index (χ1n) is 7.87. The fraction of sp³-hybridized carbons (Fsp3) is 0.0476. The lowest BCUT2D eigenvalue weighted by Crippen LogP contribution is -2.13. The smallest absolute Gasteiger partial charge is 0.266 e. The number of nitrogens with zero attached hydrogens (tertiary/aromatic N) is 1. The summed E-state index contributed by atoms with van der Waals surface area (Å²) in [5.74, 6) is 0.0540. The summed E-state index contributed by atoms with van der Waals surface area (Å²) in [6, 6.07) is 20.3. The molecule has 0 fully saturated rings. The molecule has 5 heteroatoms. The number of ether oxygens (including phenoxy) is 1. The van der Waals surface area contributed by atoms with Gasteiger partial charge in [0.1, 0.15) is 17.4 Å². The minimum Gasteiger partial charge on any atom is -0.495 e. The molecule has 1 amide bonds. The molecule has 0 saturated carbocycles. The first-order valence-corrected chi connectivity index (χ1v) is 8.24. The van der Waals surface area contributed by atoms with Gasteiger partial charge in [0.05, 0.1) is 12.1 Å². The molecular formula is C21H15ClN2O2. The molecule has 128 valence electrons. The molecule has 0 aliphatic rings. The summed E-state index contributed by atoms with van der Waals surface area (Å²) in [5, 5.41) is 14.5. The van der Waals surface area contributed by atoms with Crippen LogP contribution in [0.5, 0.6) is 5.75 Å². The van der Waals surface area contributed by atoms with Crippen molar-refractivity contribution in [1.82, 2.24) is 0 Å². The molecule has 0 atom stereocenters. The molecule has 3 aromatic carbocycles. The molecule has 1 N–H and O–H groups in total. The van der Waals surface area contributed by atoms with E-state index < -0.39 is 5.91 Å². The van der Waals surface area contributed by atoms with Crippen LogP contribution in [0.15, 0.2) is 66.2 Å². The van der Waals surface area contributed by atoms with Crippen LogP contribution in [0, 0.1) is 11.3 Å². The largest absolute Gasteiger partial charge is 0.495 e.